The molecule has 3 aromatic heterocycles. The van der Waals surface area contributed by atoms with Crippen molar-refractivity contribution in [2.45, 2.75) is 66.2 Å². The predicted molar refractivity (Wildman–Crippen MR) is 134 cm³/mol. The third kappa shape index (κ3) is 5.45. The number of hydrogen-bond donors (Lipinski definition) is 1. The van der Waals surface area contributed by atoms with Crippen LogP contribution in [0.5, 0.6) is 5.75 Å². The summed E-state index contributed by atoms with van der Waals surface area (Å²) in [5.41, 5.74) is 1.01. The van der Waals surface area contributed by atoms with Gasteiger partial charge in [-0.2, -0.15) is 0 Å². The Balaban J connectivity index is 1.78. The van der Waals surface area contributed by atoms with E-state index in [1.807, 2.05) is 48.0 Å². The van der Waals surface area contributed by atoms with Gasteiger partial charge >= 0.3 is 0 Å². The van der Waals surface area contributed by atoms with Crippen LogP contribution in [0.25, 0.3) is 10.9 Å². The number of fused-ring (bicyclic) bond motifs is 1. The molecular formula is C26H34N6O3. The summed E-state index contributed by atoms with van der Waals surface area (Å²) in [6, 6.07) is 11.3. The van der Waals surface area contributed by atoms with E-state index in [-0.39, 0.29) is 23.1 Å². The lowest BCUT2D eigenvalue weighted by molar-refractivity contribution is 0.111. The van der Waals surface area contributed by atoms with Crippen molar-refractivity contribution in [3.63, 3.8) is 0 Å². The number of hydrogen-bond acceptors (Lipinski definition) is 7. The quantitative estimate of drug-likeness (QED) is 0.373. The molecule has 186 valence electrons. The highest BCUT2D eigenvalue weighted by Gasteiger charge is 2.33. The van der Waals surface area contributed by atoms with Gasteiger partial charge in [-0.15, -0.1) is 5.10 Å². The van der Waals surface area contributed by atoms with E-state index >= 15 is 0 Å². The lowest BCUT2D eigenvalue weighted by Gasteiger charge is -2.34. The fourth-order valence-corrected chi connectivity index (χ4v) is 4.42. The average molecular weight is 479 g/mol. The van der Waals surface area contributed by atoms with Crippen molar-refractivity contribution >= 4 is 10.9 Å². The highest BCUT2D eigenvalue weighted by molar-refractivity contribution is 5.80. The van der Waals surface area contributed by atoms with Crippen molar-refractivity contribution in [3.05, 3.63) is 70.2 Å². The first-order chi connectivity index (χ1) is 16.7. The second-order valence-corrected chi connectivity index (χ2v) is 10.1. The van der Waals surface area contributed by atoms with Crippen LogP contribution in [0.2, 0.25) is 0 Å². The van der Waals surface area contributed by atoms with Gasteiger partial charge in [0, 0.05) is 23.0 Å². The third-order valence-electron chi connectivity index (χ3n) is 5.93. The molecule has 35 heavy (non-hydrogen) atoms. The molecule has 4 aromatic rings. The monoisotopic (exact) mass is 478 g/mol. The molecule has 0 aliphatic carbocycles. The first-order valence-corrected chi connectivity index (χ1v) is 12.0. The molecule has 0 fully saturated rings. The van der Waals surface area contributed by atoms with Gasteiger partial charge in [-0.1, -0.05) is 13.8 Å². The fraction of sp³-hybridized carbons (Fsp3) is 0.462. The molecule has 4 rings (SSSR count). The molecule has 9 heteroatoms. The molecule has 0 aliphatic rings. The lowest BCUT2D eigenvalue weighted by atomic mass is 9.99. The Bertz CT molecular complexity index is 1320. The van der Waals surface area contributed by atoms with Crippen LogP contribution in [0.15, 0.2) is 51.9 Å². The number of aromatic amines is 1. The number of furan rings is 1. The summed E-state index contributed by atoms with van der Waals surface area (Å²) < 4.78 is 13.2. The van der Waals surface area contributed by atoms with Gasteiger partial charge in [-0.25, -0.2) is 4.68 Å². The van der Waals surface area contributed by atoms with Gasteiger partial charge < -0.3 is 14.1 Å². The Morgan fingerprint density at radius 3 is 2.63 bits per heavy atom. The van der Waals surface area contributed by atoms with E-state index < -0.39 is 0 Å². The Morgan fingerprint density at radius 1 is 1.17 bits per heavy atom. The molecule has 1 atom stereocenters. The maximum absolute atomic E-state index is 13.1. The molecule has 0 bridgehead atoms. The number of aromatic nitrogens is 5. The summed E-state index contributed by atoms with van der Waals surface area (Å²) >= 11 is 0. The summed E-state index contributed by atoms with van der Waals surface area (Å²) in [5.74, 6) is 2.51. The van der Waals surface area contributed by atoms with Gasteiger partial charge in [-0.3, -0.25) is 9.69 Å². The van der Waals surface area contributed by atoms with E-state index in [1.165, 1.54) is 0 Å². The zero-order chi connectivity index (χ0) is 25.2. The van der Waals surface area contributed by atoms with Crippen molar-refractivity contribution in [1.29, 1.82) is 0 Å². The van der Waals surface area contributed by atoms with E-state index in [9.17, 15) is 4.79 Å². The van der Waals surface area contributed by atoms with Crippen molar-refractivity contribution in [3.8, 4) is 5.75 Å². The highest BCUT2D eigenvalue weighted by atomic mass is 16.5. The molecule has 1 aromatic carbocycles. The molecule has 0 spiro atoms. The smallest absolute Gasteiger partial charge is 0.252 e. The predicted octanol–water partition coefficient (Wildman–Crippen LogP) is 4.66. The van der Waals surface area contributed by atoms with Gasteiger partial charge in [0.25, 0.3) is 5.56 Å². The minimum absolute atomic E-state index is 0.121. The lowest BCUT2D eigenvalue weighted by Crippen LogP contribution is -2.37. The van der Waals surface area contributed by atoms with Gasteiger partial charge in [0.2, 0.25) is 0 Å². The zero-order valence-corrected chi connectivity index (χ0v) is 21.3. The number of tetrazole rings is 1. The number of nitrogens with one attached hydrogen (secondary N) is 1. The Morgan fingerprint density at radius 2 is 1.97 bits per heavy atom. The molecule has 0 saturated carbocycles. The molecular weight excluding hydrogens is 444 g/mol. The standard InChI is InChI=1S/C26H34N6O3/c1-7-34-20-10-11-22-18(14-20)13-19(25(33)27-22)15-31(16-21-9-8-12-35-21)23(17(2)3)24-28-29-30-32(24)26(4,5)6/h8-14,17,23H,7,15-16H2,1-6H3,(H,27,33)/t23-/m0/s1. The molecule has 0 aliphatic heterocycles. The maximum Gasteiger partial charge on any atom is 0.252 e. The van der Waals surface area contributed by atoms with E-state index in [0.717, 1.165) is 28.2 Å². The summed E-state index contributed by atoms with van der Waals surface area (Å²) in [6.07, 6.45) is 1.66. The normalized spacial score (nSPS) is 13.1. The van der Waals surface area contributed by atoms with Gasteiger partial charge in [-0.05, 0) is 80.4 Å². The maximum atomic E-state index is 13.1. The molecule has 9 nitrogen and oxygen atoms in total. The van der Waals surface area contributed by atoms with E-state index in [0.29, 0.717) is 25.3 Å². The topological polar surface area (TPSA) is 102 Å². The summed E-state index contributed by atoms with van der Waals surface area (Å²) in [5, 5.41) is 13.6. The van der Waals surface area contributed by atoms with Crippen LogP contribution in [0.1, 0.15) is 64.7 Å². The molecule has 1 N–H and O–H groups in total. The molecule has 0 unspecified atom stereocenters. The number of nitrogens with zero attached hydrogens (tertiary/aromatic N) is 5. The van der Waals surface area contributed by atoms with Crippen molar-refractivity contribution < 1.29 is 9.15 Å². The van der Waals surface area contributed by atoms with Gasteiger partial charge in [0.05, 0.1) is 31.0 Å². The van der Waals surface area contributed by atoms with Crippen LogP contribution < -0.4 is 10.3 Å². The van der Waals surface area contributed by atoms with E-state index in [2.05, 4.69) is 60.0 Å². The average Bonchev–Trinajstić information content (AvgIpc) is 3.47. The van der Waals surface area contributed by atoms with Crippen LogP contribution >= 0.6 is 0 Å². The molecule has 0 amide bonds. The summed E-state index contributed by atoms with van der Waals surface area (Å²) in [4.78, 5) is 18.3. The minimum atomic E-state index is -0.293. The first-order valence-electron chi connectivity index (χ1n) is 12.0. The van der Waals surface area contributed by atoms with Crippen LogP contribution in [0.3, 0.4) is 0 Å². The zero-order valence-electron chi connectivity index (χ0n) is 21.3. The minimum Gasteiger partial charge on any atom is -0.494 e. The van der Waals surface area contributed by atoms with Crippen LogP contribution in [-0.4, -0.2) is 36.7 Å². The number of ether oxygens (including phenoxy) is 1. The van der Waals surface area contributed by atoms with Gasteiger partial charge in [0.15, 0.2) is 5.82 Å². The Hall–Kier alpha value is -3.46. The molecule has 0 saturated heterocycles. The number of benzene rings is 1. The summed E-state index contributed by atoms with van der Waals surface area (Å²) in [6.45, 7) is 13.9. The molecule has 0 radical (unpaired) electrons. The molecule has 3 heterocycles. The van der Waals surface area contributed by atoms with Crippen molar-refractivity contribution in [2.24, 2.45) is 5.92 Å². The van der Waals surface area contributed by atoms with Crippen LogP contribution in [0.4, 0.5) is 0 Å². The second kappa shape index (κ2) is 10.0. The number of H-pyrrole nitrogens is 1. The second-order valence-electron chi connectivity index (χ2n) is 10.1. The number of rotatable bonds is 9. The fourth-order valence-electron chi connectivity index (χ4n) is 4.42. The first kappa shape index (κ1) is 24.7. The van der Waals surface area contributed by atoms with E-state index in [4.69, 9.17) is 9.15 Å². The van der Waals surface area contributed by atoms with Gasteiger partial charge in [0.1, 0.15) is 11.5 Å². The van der Waals surface area contributed by atoms with Crippen LogP contribution in [0, 0.1) is 5.92 Å². The van der Waals surface area contributed by atoms with Crippen molar-refractivity contribution in [1.82, 2.24) is 30.1 Å². The van der Waals surface area contributed by atoms with Crippen molar-refractivity contribution in [2.75, 3.05) is 6.61 Å². The summed E-state index contributed by atoms with van der Waals surface area (Å²) in [7, 11) is 0. The largest absolute Gasteiger partial charge is 0.494 e. The van der Waals surface area contributed by atoms with Crippen LogP contribution in [-0.2, 0) is 18.6 Å². The van der Waals surface area contributed by atoms with E-state index in [1.54, 1.807) is 6.26 Å². The third-order valence-corrected chi connectivity index (χ3v) is 5.93. The Kier molecular flexibility index (Phi) is 7.07. The highest BCUT2D eigenvalue weighted by Crippen LogP contribution is 2.32. The number of pyridine rings is 1. The Labute approximate surface area is 205 Å². The SMILES string of the molecule is CCOc1ccc2[nH]c(=O)c(CN(Cc3ccco3)[C@H](c3nnnn3C(C)(C)C)C(C)C)cc2c1.